The minimum absolute atomic E-state index is 0.0893. The van der Waals surface area contributed by atoms with Gasteiger partial charge in [0, 0.05) is 5.41 Å². The van der Waals surface area contributed by atoms with Crippen molar-refractivity contribution in [2.24, 2.45) is 5.41 Å². The van der Waals surface area contributed by atoms with Crippen LogP contribution in [-0.2, 0) is 0 Å². The highest BCUT2D eigenvalue weighted by Crippen LogP contribution is 2.55. The zero-order valence-corrected chi connectivity index (χ0v) is 16.1. The van der Waals surface area contributed by atoms with Crippen molar-refractivity contribution in [3.05, 3.63) is 94.2 Å². The third kappa shape index (κ3) is 3.11. The zero-order valence-electron chi connectivity index (χ0n) is 16.1. The van der Waals surface area contributed by atoms with Gasteiger partial charge in [0.25, 0.3) is 0 Å². The van der Waals surface area contributed by atoms with E-state index in [9.17, 15) is 0 Å². The predicted molar refractivity (Wildman–Crippen MR) is 110 cm³/mol. The lowest BCUT2D eigenvalue weighted by atomic mass is 9.80. The van der Waals surface area contributed by atoms with Crippen molar-refractivity contribution in [3.8, 4) is 0 Å². The molecule has 0 radical (unpaired) electrons. The summed E-state index contributed by atoms with van der Waals surface area (Å²) in [5, 5.41) is 0. The topological polar surface area (TPSA) is 0 Å². The molecule has 25 heavy (non-hydrogen) atoms. The van der Waals surface area contributed by atoms with E-state index in [-0.39, 0.29) is 5.41 Å². The molecule has 0 aliphatic heterocycles. The predicted octanol–water partition coefficient (Wildman–Crippen LogP) is 7.32. The molecule has 0 saturated carbocycles. The van der Waals surface area contributed by atoms with Crippen LogP contribution in [0.4, 0.5) is 0 Å². The Hall–Kier alpha value is -2.08. The molecule has 0 aromatic heterocycles. The molecule has 0 amide bonds. The molecule has 4 rings (SSSR count). The highest BCUT2D eigenvalue weighted by Gasteiger charge is 2.40. The largest absolute Gasteiger partial charge is 0.0836 e. The van der Waals surface area contributed by atoms with Gasteiger partial charge in [-0.15, -0.1) is 0 Å². The summed E-state index contributed by atoms with van der Waals surface area (Å²) in [5.41, 5.74) is 8.78. The van der Waals surface area contributed by atoms with Crippen LogP contribution in [0.15, 0.2) is 94.2 Å². The fourth-order valence-corrected chi connectivity index (χ4v) is 4.17. The van der Waals surface area contributed by atoms with Crippen molar-refractivity contribution in [3.63, 3.8) is 0 Å². The Kier molecular flexibility index (Phi) is 5.27. The molecule has 0 aromatic rings. The van der Waals surface area contributed by atoms with Crippen molar-refractivity contribution in [2.75, 3.05) is 0 Å². The quantitative estimate of drug-likeness (QED) is 0.472. The van der Waals surface area contributed by atoms with Gasteiger partial charge in [-0.3, -0.25) is 0 Å². The molecule has 0 aromatic carbocycles. The summed E-state index contributed by atoms with van der Waals surface area (Å²) in [6, 6.07) is 0. The van der Waals surface area contributed by atoms with Crippen LogP contribution in [-0.4, -0.2) is 0 Å². The maximum atomic E-state index is 2.42. The fraction of sp³-hybridized carbons (Fsp3) is 0.360. The Morgan fingerprint density at radius 3 is 2.36 bits per heavy atom. The lowest BCUT2D eigenvalue weighted by Crippen LogP contribution is -2.12. The Labute approximate surface area is 153 Å². The third-order valence-corrected chi connectivity index (χ3v) is 5.35. The lowest BCUT2D eigenvalue weighted by molar-refractivity contribution is 0.576. The van der Waals surface area contributed by atoms with Gasteiger partial charge in [0.05, 0.1) is 0 Å². The molecule has 4 aliphatic rings. The molecule has 0 heterocycles. The SMILES string of the molecule is CC.CC1(C)C2=CCC=CC=C2C2=C1C=CCC=C2C1=CCCC=C1. The van der Waals surface area contributed by atoms with Crippen LogP contribution in [0.2, 0.25) is 0 Å². The summed E-state index contributed by atoms with van der Waals surface area (Å²) in [6.45, 7) is 8.75. The highest BCUT2D eigenvalue weighted by molar-refractivity contribution is 5.75. The summed E-state index contributed by atoms with van der Waals surface area (Å²) in [6.07, 6.45) is 27.7. The van der Waals surface area contributed by atoms with Gasteiger partial charge >= 0.3 is 0 Å². The van der Waals surface area contributed by atoms with Gasteiger partial charge in [0.1, 0.15) is 0 Å². The van der Waals surface area contributed by atoms with Gasteiger partial charge in [-0.2, -0.15) is 0 Å². The maximum Gasteiger partial charge on any atom is 0.0155 e. The highest BCUT2D eigenvalue weighted by atomic mass is 14.4. The van der Waals surface area contributed by atoms with Crippen molar-refractivity contribution >= 4 is 0 Å². The van der Waals surface area contributed by atoms with E-state index in [1.165, 1.54) is 39.9 Å². The number of hydrogen-bond acceptors (Lipinski definition) is 0. The second kappa shape index (κ2) is 7.44. The molecular weight excluding hydrogens is 300 g/mol. The van der Waals surface area contributed by atoms with E-state index < -0.39 is 0 Å². The molecule has 0 atom stereocenters. The summed E-state index contributed by atoms with van der Waals surface area (Å²) in [5.74, 6) is 0. The Bertz CT molecular complexity index is 780. The van der Waals surface area contributed by atoms with Crippen LogP contribution in [0.5, 0.6) is 0 Å². The molecule has 0 N–H and O–H groups in total. The molecule has 4 aliphatic carbocycles. The number of allylic oxidation sites excluding steroid dienone is 16. The van der Waals surface area contributed by atoms with Crippen LogP contribution >= 0.6 is 0 Å². The van der Waals surface area contributed by atoms with Crippen LogP contribution in [0.25, 0.3) is 0 Å². The minimum atomic E-state index is 0.0893. The average Bonchev–Trinajstić information content (AvgIpc) is 2.93. The molecule has 0 nitrogen and oxygen atoms in total. The molecule has 0 spiro atoms. The first kappa shape index (κ1) is 17.7. The third-order valence-electron chi connectivity index (χ3n) is 5.35. The summed E-state index contributed by atoms with van der Waals surface area (Å²) in [4.78, 5) is 0. The molecule has 0 bridgehead atoms. The van der Waals surface area contributed by atoms with Gasteiger partial charge < -0.3 is 0 Å². The van der Waals surface area contributed by atoms with E-state index in [0.29, 0.717) is 0 Å². The summed E-state index contributed by atoms with van der Waals surface area (Å²) < 4.78 is 0. The van der Waals surface area contributed by atoms with Crippen LogP contribution in [0.3, 0.4) is 0 Å². The van der Waals surface area contributed by atoms with Gasteiger partial charge in [-0.1, -0.05) is 88.5 Å². The first-order valence-electron chi connectivity index (χ1n) is 9.76. The van der Waals surface area contributed by atoms with E-state index >= 15 is 0 Å². The van der Waals surface area contributed by atoms with Crippen molar-refractivity contribution < 1.29 is 0 Å². The standard InChI is InChI=1S/C23H24.C2H6/c1-23(2)20-15-8-4-7-14-19(20)22-18(13-9-10-16-21(22)23)17-11-5-3-6-12-17;1-2/h4-5,7,10-16H,3,6,8-9H2,1-2H3;1-2H3. The second-order valence-corrected chi connectivity index (χ2v) is 7.17. The van der Waals surface area contributed by atoms with E-state index in [4.69, 9.17) is 0 Å². The van der Waals surface area contributed by atoms with E-state index in [1.807, 2.05) is 13.8 Å². The van der Waals surface area contributed by atoms with Crippen LogP contribution < -0.4 is 0 Å². The molecular formula is C25H30. The minimum Gasteiger partial charge on any atom is -0.0836 e. The molecule has 0 unspecified atom stereocenters. The number of hydrogen-bond donors (Lipinski definition) is 0. The summed E-state index contributed by atoms with van der Waals surface area (Å²) >= 11 is 0. The van der Waals surface area contributed by atoms with Gasteiger partial charge in [-0.05, 0) is 59.1 Å². The lowest BCUT2D eigenvalue weighted by Gasteiger charge is -2.23. The van der Waals surface area contributed by atoms with E-state index in [0.717, 1.165) is 19.3 Å². The zero-order chi connectivity index (χ0) is 17.9. The van der Waals surface area contributed by atoms with Gasteiger partial charge in [0.2, 0.25) is 0 Å². The smallest absolute Gasteiger partial charge is 0.0155 e. The first-order chi connectivity index (χ1) is 12.2. The van der Waals surface area contributed by atoms with Crippen LogP contribution in [0, 0.1) is 5.41 Å². The average molecular weight is 331 g/mol. The Morgan fingerprint density at radius 2 is 1.60 bits per heavy atom. The van der Waals surface area contributed by atoms with Crippen molar-refractivity contribution in [1.82, 2.24) is 0 Å². The Morgan fingerprint density at radius 1 is 0.800 bits per heavy atom. The molecule has 130 valence electrons. The van der Waals surface area contributed by atoms with Gasteiger partial charge in [-0.25, -0.2) is 0 Å². The van der Waals surface area contributed by atoms with Gasteiger partial charge in [0.15, 0.2) is 0 Å². The van der Waals surface area contributed by atoms with E-state index in [2.05, 4.69) is 74.6 Å². The first-order valence-corrected chi connectivity index (χ1v) is 9.76. The van der Waals surface area contributed by atoms with Crippen LogP contribution in [0.1, 0.15) is 53.4 Å². The summed E-state index contributed by atoms with van der Waals surface area (Å²) in [7, 11) is 0. The fourth-order valence-electron chi connectivity index (χ4n) is 4.17. The number of fused-ring (bicyclic) bond motifs is 2. The normalized spacial score (nSPS) is 23.2. The number of rotatable bonds is 1. The van der Waals surface area contributed by atoms with Crippen molar-refractivity contribution in [2.45, 2.75) is 53.4 Å². The van der Waals surface area contributed by atoms with Crippen molar-refractivity contribution in [1.29, 1.82) is 0 Å². The monoisotopic (exact) mass is 330 g/mol. The molecule has 0 heteroatoms. The second-order valence-electron chi connectivity index (χ2n) is 7.17. The Balaban J connectivity index is 0.000000880. The molecule has 0 fully saturated rings. The molecule has 0 saturated heterocycles. The van der Waals surface area contributed by atoms with E-state index in [1.54, 1.807) is 0 Å². The maximum absolute atomic E-state index is 2.42.